The highest BCUT2D eigenvalue weighted by Gasteiger charge is 2.11. The van der Waals surface area contributed by atoms with Crippen molar-refractivity contribution in [3.05, 3.63) is 57.1 Å². The summed E-state index contributed by atoms with van der Waals surface area (Å²) in [6.07, 6.45) is 0. The topological polar surface area (TPSA) is 95.6 Å². The molecule has 0 aliphatic rings. The Kier molecular flexibility index (Phi) is 3.95. The lowest BCUT2D eigenvalue weighted by molar-refractivity contribution is -0.384. The van der Waals surface area contributed by atoms with Crippen molar-refractivity contribution < 1.29 is 15.1 Å². The monoisotopic (exact) mass is 294 g/mol. The highest BCUT2D eigenvalue weighted by atomic mass is 35.5. The van der Waals surface area contributed by atoms with Crippen LogP contribution in [0.15, 0.2) is 36.4 Å². The first-order chi connectivity index (χ1) is 9.47. The number of hydrogen-bond donors (Lipinski definition) is 3. The molecule has 2 aromatic carbocycles. The number of rotatable bonds is 4. The number of nitrogens with one attached hydrogen (secondary N) is 1. The molecule has 0 atom stereocenters. The van der Waals surface area contributed by atoms with Gasteiger partial charge in [-0.25, -0.2) is 0 Å². The van der Waals surface area contributed by atoms with Crippen molar-refractivity contribution in [3.63, 3.8) is 0 Å². The van der Waals surface area contributed by atoms with Crippen LogP contribution in [0.4, 0.5) is 11.4 Å². The van der Waals surface area contributed by atoms with Gasteiger partial charge >= 0.3 is 0 Å². The highest BCUT2D eigenvalue weighted by molar-refractivity contribution is 6.32. The van der Waals surface area contributed by atoms with Crippen LogP contribution in [0.5, 0.6) is 11.5 Å². The molecular weight excluding hydrogens is 284 g/mol. The van der Waals surface area contributed by atoms with Crippen molar-refractivity contribution >= 4 is 23.0 Å². The summed E-state index contributed by atoms with van der Waals surface area (Å²) >= 11 is 5.80. The minimum atomic E-state index is -0.551. The Morgan fingerprint density at radius 2 is 1.90 bits per heavy atom. The molecule has 6 nitrogen and oxygen atoms in total. The van der Waals surface area contributed by atoms with Gasteiger partial charge in [0.05, 0.1) is 4.92 Å². The number of halogens is 1. The zero-order valence-electron chi connectivity index (χ0n) is 10.2. The summed E-state index contributed by atoms with van der Waals surface area (Å²) in [5.41, 5.74) is 1.21. The number of nitro benzene ring substituents is 1. The second kappa shape index (κ2) is 5.66. The minimum absolute atomic E-state index is 0.0496. The number of nitrogens with zero attached hydrogens (tertiary/aromatic N) is 1. The fourth-order valence-corrected chi connectivity index (χ4v) is 1.90. The van der Waals surface area contributed by atoms with Crippen LogP contribution in [0, 0.1) is 10.1 Å². The van der Waals surface area contributed by atoms with Crippen LogP contribution in [0.1, 0.15) is 5.56 Å². The Hall–Kier alpha value is -2.47. The maximum atomic E-state index is 10.6. The van der Waals surface area contributed by atoms with Crippen LogP contribution < -0.4 is 5.32 Å². The molecule has 104 valence electrons. The van der Waals surface area contributed by atoms with E-state index in [1.807, 2.05) is 0 Å². The average molecular weight is 295 g/mol. The molecule has 0 bridgehead atoms. The van der Waals surface area contributed by atoms with Crippen molar-refractivity contribution in [2.45, 2.75) is 6.54 Å². The van der Waals surface area contributed by atoms with E-state index in [1.54, 1.807) is 12.1 Å². The molecule has 0 unspecified atom stereocenters. The zero-order chi connectivity index (χ0) is 14.7. The van der Waals surface area contributed by atoms with E-state index in [2.05, 4.69) is 5.32 Å². The van der Waals surface area contributed by atoms with Gasteiger partial charge in [0.2, 0.25) is 0 Å². The molecule has 0 fully saturated rings. The summed E-state index contributed by atoms with van der Waals surface area (Å²) in [4.78, 5) is 10.1. The van der Waals surface area contributed by atoms with Gasteiger partial charge in [-0.05, 0) is 29.8 Å². The van der Waals surface area contributed by atoms with Gasteiger partial charge in [-0.15, -0.1) is 0 Å². The van der Waals surface area contributed by atoms with Crippen molar-refractivity contribution in [2.75, 3.05) is 5.32 Å². The van der Waals surface area contributed by atoms with Gasteiger partial charge in [0.25, 0.3) is 5.69 Å². The molecule has 20 heavy (non-hydrogen) atoms. The third kappa shape index (κ3) is 3.10. The van der Waals surface area contributed by atoms with Gasteiger partial charge in [0.1, 0.15) is 5.02 Å². The average Bonchev–Trinajstić information content (AvgIpc) is 2.40. The fraction of sp³-hybridized carbons (Fsp3) is 0.0769. The van der Waals surface area contributed by atoms with E-state index in [0.29, 0.717) is 12.2 Å². The molecule has 0 heterocycles. The van der Waals surface area contributed by atoms with Gasteiger partial charge in [0.15, 0.2) is 11.5 Å². The van der Waals surface area contributed by atoms with E-state index in [1.165, 1.54) is 24.3 Å². The van der Waals surface area contributed by atoms with E-state index in [4.69, 9.17) is 11.6 Å². The molecule has 0 aliphatic carbocycles. The molecule has 2 rings (SSSR count). The smallest absolute Gasteiger partial charge is 0.288 e. The molecule has 0 spiro atoms. The number of benzene rings is 2. The Morgan fingerprint density at radius 3 is 2.50 bits per heavy atom. The molecule has 2 aromatic rings. The van der Waals surface area contributed by atoms with E-state index < -0.39 is 4.92 Å². The van der Waals surface area contributed by atoms with E-state index in [-0.39, 0.29) is 22.2 Å². The Balaban J connectivity index is 2.09. The lowest BCUT2D eigenvalue weighted by Crippen LogP contribution is -1.99. The third-order valence-corrected chi connectivity index (χ3v) is 2.98. The van der Waals surface area contributed by atoms with Gasteiger partial charge in [-0.3, -0.25) is 10.1 Å². The van der Waals surface area contributed by atoms with Gasteiger partial charge < -0.3 is 15.5 Å². The molecule has 0 amide bonds. The van der Waals surface area contributed by atoms with Crippen molar-refractivity contribution in [1.82, 2.24) is 0 Å². The van der Waals surface area contributed by atoms with Crippen molar-refractivity contribution in [3.8, 4) is 11.5 Å². The van der Waals surface area contributed by atoms with E-state index >= 15 is 0 Å². The largest absolute Gasteiger partial charge is 0.504 e. The van der Waals surface area contributed by atoms with Crippen molar-refractivity contribution in [1.29, 1.82) is 0 Å². The van der Waals surface area contributed by atoms with Crippen LogP contribution in [0.25, 0.3) is 0 Å². The third-order valence-electron chi connectivity index (χ3n) is 2.68. The highest BCUT2D eigenvalue weighted by Crippen LogP contribution is 2.28. The molecule has 0 saturated heterocycles. The van der Waals surface area contributed by atoms with Crippen LogP contribution in [-0.4, -0.2) is 15.1 Å². The fourth-order valence-electron chi connectivity index (χ4n) is 1.65. The second-order valence-electron chi connectivity index (χ2n) is 4.10. The van der Waals surface area contributed by atoms with E-state index in [0.717, 1.165) is 5.56 Å². The maximum Gasteiger partial charge on any atom is 0.288 e. The first-order valence-electron chi connectivity index (χ1n) is 5.66. The molecule has 3 N–H and O–H groups in total. The molecule has 0 aromatic heterocycles. The predicted octanol–water partition coefficient (Wildman–Crippen LogP) is 3.27. The number of hydrogen-bond acceptors (Lipinski definition) is 5. The lowest BCUT2D eigenvalue weighted by atomic mass is 10.2. The number of aromatic hydroxyl groups is 2. The van der Waals surface area contributed by atoms with Gasteiger partial charge in [-0.1, -0.05) is 17.7 Å². The Bertz CT molecular complexity index is 661. The predicted molar refractivity (Wildman–Crippen MR) is 75.2 cm³/mol. The van der Waals surface area contributed by atoms with Gasteiger partial charge in [-0.2, -0.15) is 0 Å². The zero-order valence-corrected chi connectivity index (χ0v) is 11.0. The van der Waals surface area contributed by atoms with Crippen LogP contribution >= 0.6 is 11.6 Å². The number of phenols is 2. The Morgan fingerprint density at radius 1 is 1.15 bits per heavy atom. The second-order valence-corrected chi connectivity index (χ2v) is 4.51. The summed E-state index contributed by atoms with van der Waals surface area (Å²) in [7, 11) is 0. The molecule has 0 radical (unpaired) electrons. The first-order valence-corrected chi connectivity index (χ1v) is 6.04. The molecular formula is C13H11ClN2O4. The number of phenolic OH excluding ortho intramolecular Hbond substituents is 2. The molecule has 7 heteroatoms. The normalized spacial score (nSPS) is 10.2. The summed E-state index contributed by atoms with van der Waals surface area (Å²) in [6.45, 7) is 0.377. The number of nitro groups is 1. The van der Waals surface area contributed by atoms with Crippen LogP contribution in [-0.2, 0) is 6.54 Å². The van der Waals surface area contributed by atoms with Crippen molar-refractivity contribution in [2.24, 2.45) is 0 Å². The first kappa shape index (κ1) is 14.0. The van der Waals surface area contributed by atoms with E-state index in [9.17, 15) is 20.3 Å². The quantitative estimate of drug-likeness (QED) is 0.457. The SMILES string of the molecule is O=[N+]([O-])c1ccc(NCc2ccc(O)c(O)c2)cc1Cl. The number of anilines is 1. The van der Waals surface area contributed by atoms with Gasteiger partial charge in [0, 0.05) is 18.3 Å². The standard InChI is InChI=1S/C13H11ClN2O4/c14-10-6-9(2-3-11(10)16(19)20)15-7-8-1-4-12(17)13(18)5-8/h1-6,15,17-18H,7H2. The molecule has 0 saturated carbocycles. The minimum Gasteiger partial charge on any atom is -0.504 e. The Labute approximate surface area is 119 Å². The lowest BCUT2D eigenvalue weighted by Gasteiger charge is -2.08. The summed E-state index contributed by atoms with van der Waals surface area (Å²) < 4.78 is 0. The summed E-state index contributed by atoms with van der Waals surface area (Å²) in [6, 6.07) is 8.78. The maximum absolute atomic E-state index is 10.6. The van der Waals surface area contributed by atoms with Crippen LogP contribution in [0.3, 0.4) is 0 Å². The summed E-state index contributed by atoms with van der Waals surface area (Å²) in [5, 5.41) is 32.3. The summed E-state index contributed by atoms with van der Waals surface area (Å²) in [5.74, 6) is -0.391. The molecule has 0 aliphatic heterocycles. The van der Waals surface area contributed by atoms with Crippen LogP contribution in [0.2, 0.25) is 5.02 Å².